The predicted octanol–water partition coefficient (Wildman–Crippen LogP) is 3.45. The van der Waals surface area contributed by atoms with Gasteiger partial charge in [-0.25, -0.2) is 9.98 Å². The molecule has 0 unspecified atom stereocenters. The van der Waals surface area contributed by atoms with E-state index in [-0.39, 0.29) is 11.8 Å². The zero-order chi connectivity index (χ0) is 21.5. The molecule has 3 aromatic carbocycles. The van der Waals surface area contributed by atoms with Gasteiger partial charge in [0.2, 0.25) is 5.88 Å². The minimum absolute atomic E-state index is 0.0185. The Morgan fingerprint density at radius 3 is 2.26 bits per heavy atom. The van der Waals surface area contributed by atoms with Gasteiger partial charge in [0, 0.05) is 5.22 Å². The van der Waals surface area contributed by atoms with Crippen LogP contribution >= 0.6 is 11.3 Å². The van der Waals surface area contributed by atoms with Crippen LogP contribution in [0.4, 0.5) is 5.69 Å². The van der Waals surface area contributed by atoms with Crippen molar-refractivity contribution < 1.29 is 9.90 Å². The lowest BCUT2D eigenvalue weighted by Crippen LogP contribution is -2.22. The normalized spacial score (nSPS) is 13.4. The molecule has 1 aliphatic heterocycles. The minimum Gasteiger partial charge on any atom is -0.493 e. The molecule has 0 radical (unpaired) electrons. The van der Waals surface area contributed by atoms with E-state index in [4.69, 9.17) is 4.99 Å². The molecule has 4 aromatic rings. The summed E-state index contributed by atoms with van der Waals surface area (Å²) >= 11 is 1.28. The number of aromatic hydroxyl groups is 1. The van der Waals surface area contributed by atoms with Crippen LogP contribution in [0.15, 0.2) is 82.8 Å². The second-order valence-electron chi connectivity index (χ2n) is 7.46. The highest BCUT2D eigenvalue weighted by Crippen LogP contribution is 2.31. The third-order valence-electron chi connectivity index (χ3n) is 5.19. The molecular weight excluding hydrogens is 406 g/mol. The van der Waals surface area contributed by atoms with Crippen molar-refractivity contribution in [2.45, 2.75) is 13.8 Å². The van der Waals surface area contributed by atoms with Gasteiger partial charge in [-0.15, -0.1) is 0 Å². The SMILES string of the molecule is Cc1ccc(N=c2sc(C3=c4ccccc4=NC3=O)c(O)n2-c2ccc(C)cc2)cc1. The van der Waals surface area contributed by atoms with Gasteiger partial charge in [0.15, 0.2) is 4.80 Å². The van der Waals surface area contributed by atoms with Gasteiger partial charge in [0.25, 0.3) is 5.91 Å². The second-order valence-corrected chi connectivity index (χ2v) is 8.44. The summed E-state index contributed by atoms with van der Waals surface area (Å²) in [7, 11) is 0. The maximum Gasteiger partial charge on any atom is 0.279 e. The molecule has 0 spiro atoms. The smallest absolute Gasteiger partial charge is 0.279 e. The average Bonchev–Trinajstić information content (AvgIpc) is 3.26. The van der Waals surface area contributed by atoms with Crippen LogP contribution in [0.2, 0.25) is 0 Å². The Bertz CT molecular complexity index is 1510. The highest BCUT2D eigenvalue weighted by molar-refractivity contribution is 7.11. The van der Waals surface area contributed by atoms with Gasteiger partial charge >= 0.3 is 0 Å². The van der Waals surface area contributed by atoms with Gasteiger partial charge < -0.3 is 5.11 Å². The number of hydrogen-bond donors (Lipinski definition) is 1. The molecule has 5 rings (SSSR count). The topological polar surface area (TPSA) is 66.9 Å². The van der Waals surface area contributed by atoms with Crippen molar-refractivity contribution in [1.82, 2.24) is 4.57 Å². The van der Waals surface area contributed by atoms with Crippen LogP contribution in [0.3, 0.4) is 0 Å². The molecule has 0 bridgehead atoms. The molecule has 0 saturated carbocycles. The zero-order valence-electron chi connectivity index (χ0n) is 17.0. The Balaban J connectivity index is 1.81. The van der Waals surface area contributed by atoms with Crippen molar-refractivity contribution >= 4 is 28.5 Å². The number of rotatable bonds is 3. The van der Waals surface area contributed by atoms with E-state index in [1.54, 1.807) is 10.6 Å². The zero-order valence-corrected chi connectivity index (χ0v) is 17.9. The van der Waals surface area contributed by atoms with Crippen LogP contribution in [-0.4, -0.2) is 15.6 Å². The lowest BCUT2D eigenvalue weighted by Gasteiger charge is -2.06. The van der Waals surface area contributed by atoms with Crippen molar-refractivity contribution in [2.75, 3.05) is 0 Å². The van der Waals surface area contributed by atoms with E-state index in [0.717, 1.165) is 27.7 Å². The third-order valence-corrected chi connectivity index (χ3v) is 6.23. The number of amides is 1. The number of thiazole rings is 1. The molecule has 2 heterocycles. The number of benzene rings is 3. The average molecular weight is 426 g/mol. The van der Waals surface area contributed by atoms with E-state index in [1.165, 1.54) is 11.3 Å². The summed E-state index contributed by atoms with van der Waals surface area (Å²) in [6, 6.07) is 23.0. The Morgan fingerprint density at radius 2 is 1.55 bits per heavy atom. The molecular formula is C25H19N3O2S. The number of para-hydroxylation sites is 1. The molecule has 6 heteroatoms. The maximum atomic E-state index is 12.7. The van der Waals surface area contributed by atoms with Gasteiger partial charge in [-0.05, 0) is 44.2 Å². The first kappa shape index (κ1) is 19.2. The standard InChI is InChI=1S/C25H19N3O2S/c1-15-7-11-17(12-8-15)26-25-28(18-13-9-16(2)10-14-18)24(30)22(31-25)21-19-5-3-4-6-20(19)27-23(21)29/h3-14,30H,1-2H3. The van der Waals surface area contributed by atoms with Crippen LogP contribution < -0.4 is 15.4 Å². The molecule has 0 atom stereocenters. The molecule has 0 saturated heterocycles. The van der Waals surface area contributed by atoms with Gasteiger partial charge in [0.1, 0.15) is 4.88 Å². The highest BCUT2D eigenvalue weighted by atomic mass is 32.1. The molecule has 1 N–H and O–H groups in total. The number of carbonyl (C=O) groups is 1. The fraction of sp³-hybridized carbons (Fsp3) is 0.0800. The van der Waals surface area contributed by atoms with Crippen molar-refractivity contribution in [3.8, 4) is 11.6 Å². The van der Waals surface area contributed by atoms with E-state index < -0.39 is 0 Å². The van der Waals surface area contributed by atoms with Crippen LogP contribution in [-0.2, 0) is 4.79 Å². The molecule has 0 fully saturated rings. The van der Waals surface area contributed by atoms with Gasteiger partial charge in [-0.2, -0.15) is 0 Å². The number of nitrogens with zero attached hydrogens (tertiary/aromatic N) is 3. The predicted molar refractivity (Wildman–Crippen MR) is 121 cm³/mol. The lowest BCUT2D eigenvalue weighted by molar-refractivity contribution is -0.112. The van der Waals surface area contributed by atoms with Crippen molar-refractivity contribution in [1.29, 1.82) is 0 Å². The molecule has 1 aliphatic rings. The number of fused-ring (bicyclic) bond motifs is 1. The summed E-state index contributed by atoms with van der Waals surface area (Å²) in [4.78, 5) is 22.7. The summed E-state index contributed by atoms with van der Waals surface area (Å²) in [6.07, 6.45) is 0. The minimum atomic E-state index is -0.351. The number of hydrogen-bond acceptors (Lipinski definition) is 4. The largest absolute Gasteiger partial charge is 0.493 e. The number of aromatic nitrogens is 1. The lowest BCUT2D eigenvalue weighted by atomic mass is 10.1. The molecule has 1 amide bonds. The molecule has 1 aromatic heterocycles. The Labute approximate surface area is 182 Å². The summed E-state index contributed by atoms with van der Waals surface area (Å²) in [5, 5.41) is 12.6. The summed E-state index contributed by atoms with van der Waals surface area (Å²) in [5.41, 5.74) is 4.21. The molecule has 31 heavy (non-hydrogen) atoms. The molecule has 152 valence electrons. The fourth-order valence-corrected chi connectivity index (χ4v) is 4.65. The Kier molecular flexibility index (Phi) is 4.64. The van der Waals surface area contributed by atoms with E-state index >= 15 is 0 Å². The first-order chi connectivity index (χ1) is 15.0. The van der Waals surface area contributed by atoms with Crippen LogP contribution in [0.25, 0.3) is 11.3 Å². The molecule has 5 nitrogen and oxygen atoms in total. The third kappa shape index (κ3) is 3.41. The second kappa shape index (κ2) is 7.49. The van der Waals surface area contributed by atoms with Crippen LogP contribution in [0, 0.1) is 13.8 Å². The van der Waals surface area contributed by atoms with E-state index in [1.807, 2.05) is 80.6 Å². The molecule has 0 aliphatic carbocycles. The monoisotopic (exact) mass is 425 g/mol. The first-order valence-corrected chi connectivity index (χ1v) is 10.7. The Morgan fingerprint density at radius 1 is 0.903 bits per heavy atom. The van der Waals surface area contributed by atoms with E-state index in [9.17, 15) is 9.90 Å². The number of carbonyl (C=O) groups excluding carboxylic acids is 1. The van der Waals surface area contributed by atoms with Crippen LogP contribution in [0.5, 0.6) is 5.88 Å². The fourth-order valence-electron chi connectivity index (χ4n) is 3.55. The first-order valence-electron chi connectivity index (χ1n) is 9.87. The highest BCUT2D eigenvalue weighted by Gasteiger charge is 2.26. The van der Waals surface area contributed by atoms with Gasteiger partial charge in [-0.1, -0.05) is 64.9 Å². The van der Waals surface area contributed by atoms with E-state index in [2.05, 4.69) is 4.99 Å². The van der Waals surface area contributed by atoms with Gasteiger partial charge in [-0.3, -0.25) is 9.36 Å². The Hall–Kier alpha value is -3.77. The maximum absolute atomic E-state index is 12.7. The summed E-state index contributed by atoms with van der Waals surface area (Å²) in [6.45, 7) is 4.03. The van der Waals surface area contributed by atoms with Gasteiger partial charge in [0.05, 0.1) is 22.3 Å². The number of aryl methyl sites for hydroxylation is 2. The van der Waals surface area contributed by atoms with Crippen molar-refractivity contribution in [3.05, 3.63) is 104 Å². The van der Waals surface area contributed by atoms with Crippen molar-refractivity contribution in [3.63, 3.8) is 0 Å². The van der Waals surface area contributed by atoms with Crippen LogP contribution in [0.1, 0.15) is 16.0 Å². The summed E-state index contributed by atoms with van der Waals surface area (Å²) < 4.78 is 1.68. The summed E-state index contributed by atoms with van der Waals surface area (Å²) in [5.74, 6) is -0.370. The van der Waals surface area contributed by atoms with E-state index in [0.29, 0.717) is 20.6 Å². The quantitative estimate of drug-likeness (QED) is 0.546. The van der Waals surface area contributed by atoms with Crippen molar-refractivity contribution in [2.24, 2.45) is 9.98 Å².